The highest BCUT2D eigenvalue weighted by atomic mass is 79.9. The number of fused-ring (bicyclic) bond motifs is 1. The second-order valence-electron chi connectivity index (χ2n) is 4.41. The maximum Gasteiger partial charge on any atom is 0.198 e. The number of ketones is 1. The van der Waals surface area contributed by atoms with E-state index in [2.05, 4.69) is 25.9 Å². The summed E-state index contributed by atoms with van der Waals surface area (Å²) in [5.74, 6) is 1.32. The van der Waals surface area contributed by atoms with Crippen molar-refractivity contribution in [1.29, 1.82) is 0 Å². The van der Waals surface area contributed by atoms with Crippen LogP contribution in [0.5, 0.6) is 0 Å². The van der Waals surface area contributed by atoms with Crippen LogP contribution in [0.2, 0.25) is 0 Å². The van der Waals surface area contributed by atoms with Gasteiger partial charge in [-0.2, -0.15) is 0 Å². The number of rotatable bonds is 2. The fraction of sp³-hybridized carbons (Fsp3) is 0.143. The molecule has 0 atom stereocenters. The Morgan fingerprint density at radius 3 is 2.79 bits per heavy atom. The SMILES string of the molecule is Cc1cc(C(=O)c2c[nH]c3ncc(Br)cc23)c(C)o1. The van der Waals surface area contributed by atoms with Crippen molar-refractivity contribution in [3.05, 3.63) is 51.6 Å². The predicted octanol–water partition coefficient (Wildman–Crippen LogP) is 3.77. The molecule has 0 amide bonds. The van der Waals surface area contributed by atoms with Crippen LogP contribution in [0.3, 0.4) is 0 Å². The molecule has 3 heterocycles. The molecular formula is C14H11BrN2O2. The van der Waals surface area contributed by atoms with Gasteiger partial charge in [0.1, 0.15) is 17.2 Å². The monoisotopic (exact) mass is 318 g/mol. The number of nitrogens with zero attached hydrogens (tertiary/aromatic N) is 1. The molecule has 19 heavy (non-hydrogen) atoms. The second kappa shape index (κ2) is 4.35. The number of H-pyrrole nitrogens is 1. The number of nitrogens with one attached hydrogen (secondary N) is 1. The van der Waals surface area contributed by atoms with E-state index >= 15 is 0 Å². The quantitative estimate of drug-likeness (QED) is 0.732. The fourth-order valence-electron chi connectivity index (χ4n) is 2.17. The van der Waals surface area contributed by atoms with Crippen molar-refractivity contribution in [3.8, 4) is 0 Å². The smallest absolute Gasteiger partial charge is 0.198 e. The van der Waals surface area contributed by atoms with Crippen molar-refractivity contribution >= 4 is 32.7 Å². The molecule has 0 saturated heterocycles. The summed E-state index contributed by atoms with van der Waals surface area (Å²) in [5.41, 5.74) is 1.90. The maximum atomic E-state index is 12.5. The summed E-state index contributed by atoms with van der Waals surface area (Å²) >= 11 is 3.37. The van der Waals surface area contributed by atoms with Crippen molar-refractivity contribution in [2.45, 2.75) is 13.8 Å². The average molecular weight is 319 g/mol. The van der Waals surface area contributed by atoms with Crippen LogP contribution in [0.15, 0.2) is 33.4 Å². The Labute approximate surface area is 118 Å². The predicted molar refractivity (Wildman–Crippen MR) is 75.4 cm³/mol. The van der Waals surface area contributed by atoms with E-state index in [4.69, 9.17) is 4.42 Å². The molecule has 96 valence electrons. The van der Waals surface area contributed by atoms with Gasteiger partial charge in [-0.3, -0.25) is 4.79 Å². The number of halogens is 1. The number of carbonyl (C=O) groups excluding carboxylic acids is 1. The Bertz CT molecular complexity index is 786. The molecule has 3 rings (SSSR count). The van der Waals surface area contributed by atoms with E-state index in [9.17, 15) is 4.79 Å². The topological polar surface area (TPSA) is 58.9 Å². The van der Waals surface area contributed by atoms with E-state index in [0.29, 0.717) is 22.5 Å². The average Bonchev–Trinajstić information content (AvgIpc) is 2.91. The highest BCUT2D eigenvalue weighted by Gasteiger charge is 2.19. The second-order valence-corrected chi connectivity index (χ2v) is 5.32. The summed E-state index contributed by atoms with van der Waals surface area (Å²) < 4.78 is 6.25. The molecule has 0 spiro atoms. The Kier molecular flexibility index (Phi) is 2.78. The summed E-state index contributed by atoms with van der Waals surface area (Å²) in [6.45, 7) is 3.63. The van der Waals surface area contributed by atoms with Gasteiger partial charge >= 0.3 is 0 Å². The summed E-state index contributed by atoms with van der Waals surface area (Å²) in [5, 5.41) is 0.803. The van der Waals surface area contributed by atoms with Crippen LogP contribution >= 0.6 is 15.9 Å². The summed E-state index contributed by atoms with van der Waals surface area (Å²) in [4.78, 5) is 19.8. The number of aryl methyl sites for hydroxylation is 2. The normalized spacial score (nSPS) is 11.1. The van der Waals surface area contributed by atoms with Crippen molar-refractivity contribution in [2.75, 3.05) is 0 Å². The van der Waals surface area contributed by atoms with E-state index in [-0.39, 0.29) is 5.78 Å². The molecule has 0 unspecified atom stereocenters. The van der Waals surface area contributed by atoms with Crippen LogP contribution in [-0.4, -0.2) is 15.8 Å². The van der Waals surface area contributed by atoms with Crippen molar-refractivity contribution in [1.82, 2.24) is 9.97 Å². The number of pyridine rings is 1. The summed E-state index contributed by atoms with van der Waals surface area (Å²) in [6, 6.07) is 3.65. The number of aromatic nitrogens is 2. The van der Waals surface area contributed by atoms with Gasteiger partial charge in [-0.25, -0.2) is 4.98 Å². The standard InChI is InChI=1S/C14H11BrN2O2/c1-7-3-10(8(2)19-7)13(18)12-6-17-14-11(12)4-9(15)5-16-14/h3-6H,1-2H3,(H,16,17). The number of carbonyl (C=O) groups is 1. The molecule has 3 aromatic heterocycles. The van der Waals surface area contributed by atoms with Gasteiger partial charge in [-0.05, 0) is 41.9 Å². The Balaban J connectivity index is 2.16. The van der Waals surface area contributed by atoms with Crippen molar-refractivity contribution in [2.24, 2.45) is 0 Å². The van der Waals surface area contributed by atoms with Crippen LogP contribution in [0, 0.1) is 13.8 Å². The van der Waals surface area contributed by atoms with Crippen LogP contribution in [-0.2, 0) is 0 Å². The highest BCUT2D eigenvalue weighted by Crippen LogP contribution is 2.25. The molecule has 0 aromatic carbocycles. The zero-order chi connectivity index (χ0) is 13.6. The lowest BCUT2D eigenvalue weighted by Crippen LogP contribution is -2.00. The number of furan rings is 1. The van der Waals surface area contributed by atoms with Gasteiger partial charge < -0.3 is 9.40 Å². The molecule has 0 fully saturated rings. The molecular weight excluding hydrogens is 308 g/mol. The minimum Gasteiger partial charge on any atom is -0.466 e. The number of hydrogen-bond acceptors (Lipinski definition) is 3. The minimum absolute atomic E-state index is 0.0551. The van der Waals surface area contributed by atoms with Gasteiger partial charge in [-0.1, -0.05) is 0 Å². The van der Waals surface area contributed by atoms with E-state index in [1.54, 1.807) is 25.4 Å². The van der Waals surface area contributed by atoms with Gasteiger partial charge in [0.05, 0.1) is 5.56 Å². The van der Waals surface area contributed by atoms with Crippen molar-refractivity contribution < 1.29 is 9.21 Å². The lowest BCUT2D eigenvalue weighted by molar-refractivity contribution is 0.103. The lowest BCUT2D eigenvalue weighted by atomic mass is 10.0. The van der Waals surface area contributed by atoms with E-state index in [1.807, 2.05) is 13.0 Å². The van der Waals surface area contributed by atoms with E-state index in [1.165, 1.54) is 0 Å². The first-order chi connectivity index (χ1) is 9.06. The first kappa shape index (κ1) is 12.2. The Morgan fingerprint density at radius 2 is 2.11 bits per heavy atom. The van der Waals surface area contributed by atoms with Gasteiger partial charge in [-0.15, -0.1) is 0 Å². The van der Waals surface area contributed by atoms with Gasteiger partial charge in [0.15, 0.2) is 5.78 Å². The van der Waals surface area contributed by atoms with Crippen LogP contribution in [0.25, 0.3) is 11.0 Å². The zero-order valence-corrected chi connectivity index (χ0v) is 12.0. The van der Waals surface area contributed by atoms with Gasteiger partial charge in [0.25, 0.3) is 0 Å². The van der Waals surface area contributed by atoms with Crippen LogP contribution in [0.1, 0.15) is 27.4 Å². The minimum atomic E-state index is -0.0551. The fourth-order valence-corrected chi connectivity index (χ4v) is 2.50. The molecule has 5 heteroatoms. The summed E-state index contributed by atoms with van der Waals surface area (Å²) in [6.07, 6.45) is 3.38. The maximum absolute atomic E-state index is 12.5. The molecule has 0 aliphatic heterocycles. The third kappa shape index (κ3) is 2.00. The largest absolute Gasteiger partial charge is 0.466 e. The molecule has 0 aliphatic carbocycles. The van der Waals surface area contributed by atoms with E-state index in [0.717, 1.165) is 15.6 Å². The Morgan fingerprint density at radius 1 is 1.32 bits per heavy atom. The molecule has 1 N–H and O–H groups in total. The molecule has 0 radical (unpaired) electrons. The summed E-state index contributed by atoms with van der Waals surface area (Å²) in [7, 11) is 0. The van der Waals surface area contributed by atoms with E-state index < -0.39 is 0 Å². The van der Waals surface area contributed by atoms with Gasteiger partial charge in [0, 0.05) is 27.8 Å². The first-order valence-electron chi connectivity index (χ1n) is 5.80. The first-order valence-corrected chi connectivity index (χ1v) is 6.60. The lowest BCUT2D eigenvalue weighted by Gasteiger charge is -1.98. The molecule has 3 aromatic rings. The number of hydrogen-bond donors (Lipinski definition) is 1. The third-order valence-electron chi connectivity index (χ3n) is 3.03. The zero-order valence-electron chi connectivity index (χ0n) is 10.5. The number of aromatic amines is 1. The van der Waals surface area contributed by atoms with Crippen LogP contribution in [0.4, 0.5) is 0 Å². The molecule has 0 saturated carbocycles. The highest BCUT2D eigenvalue weighted by molar-refractivity contribution is 9.10. The molecule has 0 aliphatic rings. The molecule has 0 bridgehead atoms. The molecule has 4 nitrogen and oxygen atoms in total. The van der Waals surface area contributed by atoms with Crippen molar-refractivity contribution in [3.63, 3.8) is 0 Å². The van der Waals surface area contributed by atoms with Gasteiger partial charge in [0.2, 0.25) is 0 Å². The third-order valence-corrected chi connectivity index (χ3v) is 3.46. The van der Waals surface area contributed by atoms with Crippen LogP contribution < -0.4 is 0 Å². The Hall–Kier alpha value is -1.88.